The molecule has 98 valence electrons. The third-order valence-electron chi connectivity index (χ3n) is 1.64. The quantitative estimate of drug-likeness (QED) is 0.623. The van der Waals surface area contributed by atoms with Gasteiger partial charge in [-0.1, -0.05) is 12.2 Å². The van der Waals surface area contributed by atoms with Crippen LogP contribution in [0.1, 0.15) is 27.2 Å². The first-order chi connectivity index (χ1) is 7.72. The van der Waals surface area contributed by atoms with Crippen LogP contribution in [0.3, 0.4) is 0 Å². The highest BCUT2D eigenvalue weighted by Crippen LogP contribution is 2.06. The zero-order chi connectivity index (χ0) is 13.5. The van der Waals surface area contributed by atoms with Gasteiger partial charge in [-0.25, -0.2) is 4.79 Å². The van der Waals surface area contributed by atoms with Crippen LogP contribution in [0, 0.1) is 0 Å². The molecule has 1 unspecified atom stereocenters. The predicted molar refractivity (Wildman–Crippen MR) is 63.6 cm³/mol. The van der Waals surface area contributed by atoms with Crippen LogP contribution < -0.4 is 11.1 Å². The Kier molecular flexibility index (Phi) is 6.27. The normalized spacial score (nSPS) is 13.4. The van der Waals surface area contributed by atoms with Crippen molar-refractivity contribution < 1.29 is 19.4 Å². The minimum Gasteiger partial charge on any atom is -0.480 e. The van der Waals surface area contributed by atoms with E-state index >= 15 is 0 Å². The molecule has 0 aliphatic rings. The van der Waals surface area contributed by atoms with E-state index in [1.807, 2.05) is 0 Å². The number of nitrogens with one attached hydrogen (secondary N) is 1. The van der Waals surface area contributed by atoms with Crippen LogP contribution in [0.2, 0.25) is 0 Å². The molecular weight excluding hydrogens is 224 g/mol. The first-order valence-corrected chi connectivity index (χ1v) is 5.32. The number of hydrogen-bond acceptors (Lipinski definition) is 4. The third-order valence-corrected chi connectivity index (χ3v) is 1.64. The van der Waals surface area contributed by atoms with Crippen molar-refractivity contribution in [3.05, 3.63) is 12.2 Å². The first-order valence-electron chi connectivity index (χ1n) is 5.32. The molecule has 0 aliphatic carbocycles. The van der Waals surface area contributed by atoms with E-state index in [-0.39, 0.29) is 13.0 Å². The Morgan fingerprint density at radius 1 is 1.41 bits per heavy atom. The number of ether oxygens (including phenoxy) is 1. The smallest absolute Gasteiger partial charge is 0.407 e. The van der Waals surface area contributed by atoms with Crippen LogP contribution >= 0.6 is 0 Å². The second-order valence-corrected chi connectivity index (χ2v) is 4.53. The van der Waals surface area contributed by atoms with Crippen molar-refractivity contribution >= 4 is 12.1 Å². The van der Waals surface area contributed by atoms with Gasteiger partial charge < -0.3 is 20.9 Å². The van der Waals surface area contributed by atoms with Gasteiger partial charge in [0, 0.05) is 6.54 Å². The van der Waals surface area contributed by atoms with Crippen LogP contribution in [-0.4, -0.2) is 35.4 Å². The van der Waals surface area contributed by atoms with Gasteiger partial charge in [0.2, 0.25) is 0 Å². The van der Waals surface area contributed by atoms with Gasteiger partial charge in [-0.05, 0) is 27.2 Å². The molecule has 0 saturated carbocycles. The zero-order valence-corrected chi connectivity index (χ0v) is 10.4. The van der Waals surface area contributed by atoms with Gasteiger partial charge in [0.1, 0.15) is 11.6 Å². The summed E-state index contributed by atoms with van der Waals surface area (Å²) in [7, 11) is 0. The van der Waals surface area contributed by atoms with Gasteiger partial charge >= 0.3 is 12.1 Å². The van der Waals surface area contributed by atoms with E-state index in [2.05, 4.69) is 5.32 Å². The van der Waals surface area contributed by atoms with Gasteiger partial charge in [0.25, 0.3) is 0 Å². The molecule has 1 amide bonds. The molecular formula is C11H20N2O4. The lowest BCUT2D eigenvalue weighted by molar-refractivity contribution is -0.138. The molecule has 0 aromatic carbocycles. The number of alkyl carbamates (subject to hydrolysis) is 1. The number of carboxylic acids is 1. The maximum atomic E-state index is 11.2. The topological polar surface area (TPSA) is 102 Å². The Morgan fingerprint density at radius 2 is 2.00 bits per heavy atom. The highest BCUT2D eigenvalue weighted by molar-refractivity contribution is 5.73. The number of aliphatic carboxylic acids is 1. The number of amides is 1. The number of hydrogen-bond donors (Lipinski definition) is 3. The molecule has 0 rings (SSSR count). The lowest BCUT2D eigenvalue weighted by Crippen LogP contribution is -2.32. The number of nitrogens with two attached hydrogens (primary N) is 1. The van der Waals surface area contributed by atoms with Crippen LogP contribution in [0.15, 0.2) is 12.2 Å². The molecule has 0 aromatic rings. The summed E-state index contributed by atoms with van der Waals surface area (Å²) in [5.74, 6) is -1.05. The van der Waals surface area contributed by atoms with Crippen LogP contribution in [0.5, 0.6) is 0 Å². The molecule has 0 heterocycles. The minimum atomic E-state index is -1.05. The minimum absolute atomic E-state index is 0.228. The number of rotatable bonds is 5. The van der Waals surface area contributed by atoms with Crippen molar-refractivity contribution in [2.75, 3.05) is 6.54 Å². The predicted octanol–water partition coefficient (Wildman–Crippen LogP) is 0.869. The zero-order valence-electron chi connectivity index (χ0n) is 10.4. The average molecular weight is 244 g/mol. The fraction of sp³-hybridized carbons (Fsp3) is 0.636. The Hall–Kier alpha value is -1.56. The van der Waals surface area contributed by atoms with Gasteiger partial charge in [0.05, 0.1) is 0 Å². The number of carbonyl (C=O) groups excluding carboxylic acids is 1. The summed E-state index contributed by atoms with van der Waals surface area (Å²) in [4.78, 5) is 21.6. The van der Waals surface area contributed by atoms with Crippen LogP contribution in [0.4, 0.5) is 4.79 Å². The first kappa shape index (κ1) is 15.4. The Bertz CT molecular complexity index is 294. The summed E-state index contributed by atoms with van der Waals surface area (Å²) in [5.41, 5.74) is 4.75. The van der Waals surface area contributed by atoms with Gasteiger partial charge in [-0.3, -0.25) is 4.79 Å². The van der Waals surface area contributed by atoms with Gasteiger partial charge in [0.15, 0.2) is 0 Å². The molecule has 0 bridgehead atoms. The molecule has 6 nitrogen and oxygen atoms in total. The van der Waals surface area contributed by atoms with E-state index in [1.165, 1.54) is 0 Å². The third kappa shape index (κ3) is 9.37. The summed E-state index contributed by atoms with van der Waals surface area (Å²) in [6, 6.07) is -0.909. The molecule has 0 spiro atoms. The van der Waals surface area contributed by atoms with Crippen LogP contribution in [-0.2, 0) is 9.53 Å². The fourth-order valence-corrected chi connectivity index (χ4v) is 0.883. The maximum absolute atomic E-state index is 11.2. The highest BCUT2D eigenvalue weighted by atomic mass is 16.6. The van der Waals surface area contributed by atoms with E-state index < -0.39 is 23.7 Å². The van der Waals surface area contributed by atoms with Crippen molar-refractivity contribution in [1.82, 2.24) is 5.32 Å². The largest absolute Gasteiger partial charge is 0.480 e. The van der Waals surface area contributed by atoms with Crippen molar-refractivity contribution in [2.45, 2.75) is 38.8 Å². The number of carboxylic acid groups (broad SMARTS) is 1. The molecule has 0 radical (unpaired) electrons. The lowest BCUT2D eigenvalue weighted by atomic mass is 10.2. The molecule has 1 atom stereocenters. The van der Waals surface area contributed by atoms with Crippen molar-refractivity contribution in [2.24, 2.45) is 5.73 Å². The molecule has 6 heteroatoms. The number of carbonyl (C=O) groups is 2. The van der Waals surface area contributed by atoms with Crippen molar-refractivity contribution in [3.63, 3.8) is 0 Å². The van der Waals surface area contributed by atoms with E-state index in [9.17, 15) is 9.59 Å². The Morgan fingerprint density at radius 3 is 2.47 bits per heavy atom. The highest BCUT2D eigenvalue weighted by Gasteiger charge is 2.15. The van der Waals surface area contributed by atoms with Crippen LogP contribution in [0.25, 0.3) is 0 Å². The summed E-state index contributed by atoms with van der Waals surface area (Å²) < 4.78 is 5.00. The summed E-state index contributed by atoms with van der Waals surface area (Å²) in [5, 5.41) is 11.0. The molecule has 0 aliphatic heterocycles. The lowest BCUT2D eigenvalue weighted by Gasteiger charge is -2.19. The molecule has 17 heavy (non-hydrogen) atoms. The van der Waals surface area contributed by atoms with Crippen molar-refractivity contribution in [1.29, 1.82) is 0 Å². The Balaban J connectivity index is 3.74. The van der Waals surface area contributed by atoms with Crippen molar-refractivity contribution in [3.8, 4) is 0 Å². The monoisotopic (exact) mass is 244 g/mol. The summed E-state index contributed by atoms with van der Waals surface area (Å²) >= 11 is 0. The van der Waals surface area contributed by atoms with Gasteiger partial charge in [-0.2, -0.15) is 0 Å². The van der Waals surface area contributed by atoms with E-state index in [1.54, 1.807) is 32.9 Å². The molecule has 4 N–H and O–H groups in total. The molecule has 0 saturated heterocycles. The SMILES string of the molecule is CC(C)(C)OC(=O)NC/C=C/CC(N)C(=O)O. The van der Waals surface area contributed by atoms with E-state index in [4.69, 9.17) is 15.6 Å². The van der Waals surface area contributed by atoms with E-state index in [0.29, 0.717) is 0 Å². The van der Waals surface area contributed by atoms with Gasteiger partial charge in [-0.15, -0.1) is 0 Å². The second-order valence-electron chi connectivity index (χ2n) is 4.53. The average Bonchev–Trinajstić information content (AvgIpc) is 2.13. The standard InChI is InChI=1S/C11H20N2O4/c1-11(2,3)17-10(16)13-7-5-4-6-8(12)9(14)15/h4-5,8H,6-7,12H2,1-3H3,(H,13,16)(H,14,15)/b5-4+. The molecule has 0 aromatic heterocycles. The summed E-state index contributed by atoms with van der Waals surface area (Å²) in [6.45, 7) is 5.60. The second kappa shape index (κ2) is 6.90. The van der Waals surface area contributed by atoms with E-state index in [0.717, 1.165) is 0 Å². The Labute approximate surface area is 101 Å². The summed E-state index contributed by atoms with van der Waals surface area (Å²) in [6.07, 6.45) is 2.96. The molecule has 0 fully saturated rings. The fourth-order valence-electron chi connectivity index (χ4n) is 0.883. The maximum Gasteiger partial charge on any atom is 0.407 e.